The van der Waals surface area contributed by atoms with Crippen LogP contribution < -0.4 is 16.6 Å². The summed E-state index contributed by atoms with van der Waals surface area (Å²) in [4.78, 5) is 0. The summed E-state index contributed by atoms with van der Waals surface area (Å²) in [6, 6.07) is 6.72. The van der Waals surface area contributed by atoms with E-state index in [2.05, 4.69) is 10.9 Å². The highest BCUT2D eigenvalue weighted by molar-refractivity contribution is 5.21. The van der Waals surface area contributed by atoms with E-state index in [1.54, 1.807) is 12.1 Å². The van der Waals surface area contributed by atoms with Crippen LogP contribution in [-0.4, -0.2) is 6.17 Å². The van der Waals surface area contributed by atoms with Crippen LogP contribution in [0.15, 0.2) is 24.3 Å². The van der Waals surface area contributed by atoms with Crippen LogP contribution >= 0.6 is 0 Å². The Morgan fingerprint density at radius 1 is 1.31 bits per heavy atom. The van der Waals surface area contributed by atoms with Gasteiger partial charge in [-0.25, -0.2) is 15.2 Å². The lowest BCUT2D eigenvalue weighted by Gasteiger charge is -2.09. The molecule has 2 rings (SSSR count). The molecular weight excluding hydrogens is 169 g/mol. The Balaban J connectivity index is 2.21. The number of hydrogen-bond donors (Lipinski definition) is 3. The van der Waals surface area contributed by atoms with Gasteiger partial charge in [-0.1, -0.05) is 18.2 Å². The van der Waals surface area contributed by atoms with Crippen molar-refractivity contribution < 1.29 is 4.39 Å². The highest BCUT2D eigenvalue weighted by Crippen LogP contribution is 2.22. The van der Waals surface area contributed by atoms with Gasteiger partial charge in [0.05, 0.1) is 12.2 Å². The number of nitrogens with two attached hydrogens (primary N) is 1. The van der Waals surface area contributed by atoms with Crippen LogP contribution in [0.5, 0.6) is 0 Å². The highest BCUT2D eigenvalue weighted by Gasteiger charge is 2.23. The Kier molecular flexibility index (Phi) is 2.26. The lowest BCUT2D eigenvalue weighted by Crippen LogP contribution is -2.36. The molecule has 2 unspecified atom stereocenters. The average Bonchev–Trinajstić information content (AvgIpc) is 2.53. The molecule has 0 aromatic heterocycles. The zero-order valence-electron chi connectivity index (χ0n) is 7.13. The zero-order chi connectivity index (χ0) is 9.26. The number of nitrogens with one attached hydrogen (secondary N) is 2. The number of hydrazine groups is 1. The number of rotatable bonds is 1. The number of hydrogen-bond acceptors (Lipinski definition) is 3. The molecule has 0 bridgehead atoms. The summed E-state index contributed by atoms with van der Waals surface area (Å²) in [5.74, 6) is -0.184. The average molecular weight is 181 g/mol. The molecule has 1 fully saturated rings. The summed E-state index contributed by atoms with van der Waals surface area (Å²) < 4.78 is 13.3. The van der Waals surface area contributed by atoms with Crippen molar-refractivity contribution in [1.82, 2.24) is 10.9 Å². The minimum absolute atomic E-state index is 0.0174. The summed E-state index contributed by atoms with van der Waals surface area (Å²) in [5.41, 5.74) is 12.1. The lowest BCUT2D eigenvalue weighted by molar-refractivity contribution is 0.527. The molecule has 0 radical (unpaired) electrons. The van der Waals surface area contributed by atoms with E-state index in [1.807, 2.05) is 6.07 Å². The SMILES string of the molecule is NC1CC(c2ccccc2F)NN1. The van der Waals surface area contributed by atoms with Crippen LogP contribution in [0.25, 0.3) is 0 Å². The van der Waals surface area contributed by atoms with Gasteiger partial charge < -0.3 is 5.73 Å². The molecule has 0 aliphatic carbocycles. The van der Waals surface area contributed by atoms with Crippen molar-refractivity contribution in [2.75, 3.05) is 0 Å². The number of halogens is 1. The maximum Gasteiger partial charge on any atom is 0.128 e. The monoisotopic (exact) mass is 181 g/mol. The first-order valence-electron chi connectivity index (χ1n) is 4.28. The molecule has 1 saturated heterocycles. The molecule has 1 heterocycles. The molecule has 0 saturated carbocycles. The molecule has 1 aliphatic rings. The predicted octanol–water partition coefficient (Wildman–Crippen LogP) is 0.649. The van der Waals surface area contributed by atoms with Gasteiger partial charge in [-0.3, -0.25) is 0 Å². The Labute approximate surface area is 76.1 Å². The fourth-order valence-electron chi connectivity index (χ4n) is 1.54. The van der Waals surface area contributed by atoms with E-state index in [0.717, 1.165) is 0 Å². The van der Waals surface area contributed by atoms with Gasteiger partial charge in [0.1, 0.15) is 5.82 Å². The highest BCUT2D eigenvalue weighted by atomic mass is 19.1. The Bertz CT molecular complexity index is 303. The molecule has 13 heavy (non-hydrogen) atoms. The minimum atomic E-state index is -0.184. The van der Waals surface area contributed by atoms with Gasteiger partial charge in [-0.2, -0.15) is 0 Å². The molecular formula is C9H12FN3. The second-order valence-corrected chi connectivity index (χ2v) is 3.20. The minimum Gasteiger partial charge on any atom is -0.315 e. The fraction of sp³-hybridized carbons (Fsp3) is 0.333. The molecule has 1 aromatic carbocycles. The summed E-state index contributed by atoms with van der Waals surface area (Å²) in [5, 5.41) is 0. The predicted molar refractivity (Wildman–Crippen MR) is 48.0 cm³/mol. The lowest BCUT2D eigenvalue weighted by atomic mass is 10.0. The maximum atomic E-state index is 13.3. The molecule has 1 aliphatic heterocycles. The smallest absolute Gasteiger partial charge is 0.128 e. The quantitative estimate of drug-likeness (QED) is 0.596. The van der Waals surface area contributed by atoms with Crippen LogP contribution in [0.1, 0.15) is 18.0 Å². The van der Waals surface area contributed by atoms with E-state index in [-0.39, 0.29) is 18.0 Å². The van der Waals surface area contributed by atoms with Crippen molar-refractivity contribution in [1.29, 1.82) is 0 Å². The first kappa shape index (κ1) is 8.62. The zero-order valence-corrected chi connectivity index (χ0v) is 7.13. The summed E-state index contributed by atoms with van der Waals surface area (Å²) in [7, 11) is 0. The molecule has 70 valence electrons. The first-order chi connectivity index (χ1) is 6.27. The molecule has 0 amide bonds. The van der Waals surface area contributed by atoms with E-state index in [9.17, 15) is 4.39 Å². The van der Waals surface area contributed by atoms with Crippen LogP contribution in [0.3, 0.4) is 0 Å². The Morgan fingerprint density at radius 2 is 2.08 bits per heavy atom. The van der Waals surface area contributed by atoms with Crippen LogP contribution in [-0.2, 0) is 0 Å². The third kappa shape index (κ3) is 1.70. The Hall–Kier alpha value is -0.970. The standard InChI is InChI=1S/C9H12FN3/c10-7-4-2-1-3-6(7)8-5-9(11)13-12-8/h1-4,8-9,12-13H,5,11H2. The summed E-state index contributed by atoms with van der Waals surface area (Å²) >= 11 is 0. The van der Waals surface area contributed by atoms with Crippen LogP contribution in [0.2, 0.25) is 0 Å². The van der Waals surface area contributed by atoms with Crippen molar-refractivity contribution in [2.24, 2.45) is 5.73 Å². The van der Waals surface area contributed by atoms with Crippen molar-refractivity contribution in [2.45, 2.75) is 18.6 Å². The molecule has 0 spiro atoms. The van der Waals surface area contributed by atoms with Gasteiger partial charge in [-0.05, 0) is 12.5 Å². The van der Waals surface area contributed by atoms with Crippen LogP contribution in [0.4, 0.5) is 4.39 Å². The van der Waals surface area contributed by atoms with Gasteiger partial charge in [0.15, 0.2) is 0 Å². The van der Waals surface area contributed by atoms with Crippen molar-refractivity contribution in [3.63, 3.8) is 0 Å². The van der Waals surface area contributed by atoms with E-state index in [0.29, 0.717) is 12.0 Å². The largest absolute Gasteiger partial charge is 0.315 e. The van der Waals surface area contributed by atoms with E-state index >= 15 is 0 Å². The molecule has 4 heteroatoms. The molecule has 3 nitrogen and oxygen atoms in total. The van der Waals surface area contributed by atoms with E-state index in [4.69, 9.17) is 5.73 Å². The number of benzene rings is 1. The normalized spacial score (nSPS) is 27.8. The third-order valence-corrected chi connectivity index (χ3v) is 2.21. The maximum absolute atomic E-state index is 13.3. The van der Waals surface area contributed by atoms with Crippen molar-refractivity contribution in [3.05, 3.63) is 35.6 Å². The van der Waals surface area contributed by atoms with E-state index < -0.39 is 0 Å². The second kappa shape index (κ2) is 3.41. The van der Waals surface area contributed by atoms with Gasteiger partial charge >= 0.3 is 0 Å². The van der Waals surface area contributed by atoms with Gasteiger partial charge in [-0.15, -0.1) is 0 Å². The second-order valence-electron chi connectivity index (χ2n) is 3.20. The van der Waals surface area contributed by atoms with Crippen LogP contribution in [0, 0.1) is 5.82 Å². The van der Waals surface area contributed by atoms with Crippen molar-refractivity contribution in [3.8, 4) is 0 Å². The van der Waals surface area contributed by atoms with Gasteiger partial charge in [0.2, 0.25) is 0 Å². The topological polar surface area (TPSA) is 50.1 Å². The Morgan fingerprint density at radius 3 is 2.69 bits per heavy atom. The first-order valence-corrected chi connectivity index (χ1v) is 4.28. The fourth-order valence-corrected chi connectivity index (χ4v) is 1.54. The third-order valence-electron chi connectivity index (χ3n) is 2.21. The summed E-state index contributed by atoms with van der Waals surface area (Å²) in [6.07, 6.45) is 0.616. The van der Waals surface area contributed by atoms with Gasteiger partial charge in [0.25, 0.3) is 0 Å². The van der Waals surface area contributed by atoms with Crippen molar-refractivity contribution >= 4 is 0 Å². The molecule has 4 N–H and O–H groups in total. The van der Waals surface area contributed by atoms with E-state index in [1.165, 1.54) is 6.07 Å². The van der Waals surface area contributed by atoms with Gasteiger partial charge in [0, 0.05) is 5.56 Å². The molecule has 2 atom stereocenters. The summed E-state index contributed by atoms with van der Waals surface area (Å²) in [6.45, 7) is 0. The molecule has 1 aromatic rings.